The molecule has 0 saturated heterocycles. The number of rotatable bonds is 10. The Balaban J connectivity index is 1.90. The number of carbonyl (C=O) groups is 2. The molecule has 32 heavy (non-hydrogen) atoms. The molecular weight excluding hydrogens is 468 g/mol. The molecule has 2 rings (SSSR count). The number of nitro groups is 1. The number of sulfonamides is 1. The summed E-state index contributed by atoms with van der Waals surface area (Å²) in [5.41, 5.74) is 0.00920. The van der Waals surface area contributed by atoms with Crippen LogP contribution < -0.4 is 20.1 Å². The zero-order valence-corrected chi connectivity index (χ0v) is 18.5. The fraction of sp³-hybridized carbons (Fsp3) is 0.222. The predicted octanol–water partition coefficient (Wildman–Crippen LogP) is 1.76. The number of nitrogens with zero attached hydrogens (tertiary/aromatic N) is 1. The molecule has 0 aliphatic heterocycles. The van der Waals surface area contributed by atoms with E-state index >= 15 is 0 Å². The first kappa shape index (κ1) is 24.8. The summed E-state index contributed by atoms with van der Waals surface area (Å²) in [6.07, 6.45) is 0. The normalized spacial score (nSPS) is 10.8. The highest BCUT2D eigenvalue weighted by atomic mass is 35.5. The van der Waals surface area contributed by atoms with E-state index in [0.29, 0.717) is 11.4 Å². The van der Waals surface area contributed by atoms with Crippen molar-refractivity contribution in [1.29, 1.82) is 0 Å². The number of nitro benzene ring substituents is 1. The molecule has 1 amide bonds. The molecule has 3 N–H and O–H groups in total. The molecule has 0 saturated carbocycles. The molecule has 2 aromatic carbocycles. The maximum absolute atomic E-state index is 12.3. The standard InChI is InChI=1S/C18H19ClN4O8S/c1-20-14-5-4-12(8-15(14)23(26)27)32(28,29)21-9-18(25)31-10-17(24)22-11-3-6-16(30-2)13(19)7-11/h3-8,20-21H,9-10H2,1-2H3,(H,22,24). The van der Waals surface area contributed by atoms with Crippen molar-refractivity contribution in [3.8, 4) is 5.75 Å². The summed E-state index contributed by atoms with van der Waals surface area (Å²) in [4.78, 5) is 33.6. The lowest BCUT2D eigenvalue weighted by molar-refractivity contribution is -0.384. The van der Waals surface area contributed by atoms with E-state index in [4.69, 9.17) is 21.1 Å². The first-order chi connectivity index (χ1) is 15.1. The Morgan fingerprint density at radius 1 is 1.19 bits per heavy atom. The maximum atomic E-state index is 12.3. The molecule has 0 aliphatic rings. The first-order valence-corrected chi connectivity index (χ1v) is 10.7. The van der Waals surface area contributed by atoms with Gasteiger partial charge in [0.1, 0.15) is 18.0 Å². The molecule has 172 valence electrons. The van der Waals surface area contributed by atoms with Gasteiger partial charge >= 0.3 is 5.97 Å². The molecule has 0 heterocycles. The molecule has 0 aromatic heterocycles. The summed E-state index contributed by atoms with van der Waals surface area (Å²) in [7, 11) is -1.36. The molecule has 0 aliphatic carbocycles. The molecular formula is C18H19ClN4O8S. The van der Waals surface area contributed by atoms with E-state index < -0.39 is 50.6 Å². The van der Waals surface area contributed by atoms with Crippen molar-refractivity contribution in [3.63, 3.8) is 0 Å². The number of hydrogen-bond donors (Lipinski definition) is 3. The number of esters is 1. The summed E-state index contributed by atoms with van der Waals surface area (Å²) in [5, 5.41) is 16.4. The Morgan fingerprint density at radius 3 is 2.50 bits per heavy atom. The zero-order valence-electron chi connectivity index (χ0n) is 16.9. The number of ether oxygens (including phenoxy) is 2. The Kier molecular flexibility index (Phi) is 8.34. The van der Waals surface area contributed by atoms with Gasteiger partial charge in [0.2, 0.25) is 10.0 Å². The number of anilines is 2. The van der Waals surface area contributed by atoms with Crippen LogP contribution >= 0.6 is 11.6 Å². The van der Waals surface area contributed by atoms with E-state index in [2.05, 4.69) is 10.6 Å². The van der Waals surface area contributed by atoms with E-state index in [1.807, 2.05) is 4.72 Å². The van der Waals surface area contributed by atoms with Crippen LogP contribution in [0.25, 0.3) is 0 Å². The number of nitrogens with one attached hydrogen (secondary N) is 3. The van der Waals surface area contributed by atoms with Crippen molar-refractivity contribution in [2.75, 3.05) is 37.9 Å². The lowest BCUT2D eigenvalue weighted by Gasteiger charge is -2.10. The Labute approximate surface area is 188 Å². The third kappa shape index (κ3) is 6.54. The van der Waals surface area contributed by atoms with Crippen LogP contribution in [0.1, 0.15) is 0 Å². The molecule has 0 radical (unpaired) electrons. The second-order valence-corrected chi connectivity index (χ2v) is 8.24. The van der Waals surface area contributed by atoms with E-state index in [0.717, 1.165) is 12.1 Å². The van der Waals surface area contributed by atoms with Gasteiger partial charge < -0.3 is 20.1 Å². The van der Waals surface area contributed by atoms with Crippen molar-refractivity contribution in [2.45, 2.75) is 4.90 Å². The largest absolute Gasteiger partial charge is 0.495 e. The van der Waals surface area contributed by atoms with Gasteiger partial charge in [0.25, 0.3) is 11.6 Å². The van der Waals surface area contributed by atoms with Crippen LogP contribution in [0.15, 0.2) is 41.3 Å². The molecule has 0 bridgehead atoms. The average Bonchev–Trinajstić information content (AvgIpc) is 2.76. The van der Waals surface area contributed by atoms with Crippen molar-refractivity contribution < 1.29 is 32.4 Å². The van der Waals surface area contributed by atoms with Crippen LogP contribution in [0.4, 0.5) is 17.1 Å². The summed E-state index contributed by atoms with van der Waals surface area (Å²) >= 11 is 5.95. The minimum atomic E-state index is -4.24. The highest BCUT2D eigenvalue weighted by Crippen LogP contribution is 2.28. The van der Waals surface area contributed by atoms with Gasteiger partial charge in [-0.25, -0.2) is 8.42 Å². The number of carbonyl (C=O) groups excluding carboxylic acids is 2. The second-order valence-electron chi connectivity index (χ2n) is 6.07. The third-order valence-corrected chi connectivity index (χ3v) is 5.65. The quantitative estimate of drug-likeness (QED) is 0.257. The lowest BCUT2D eigenvalue weighted by atomic mass is 10.3. The lowest BCUT2D eigenvalue weighted by Crippen LogP contribution is -2.32. The van der Waals surface area contributed by atoms with Crippen molar-refractivity contribution in [2.24, 2.45) is 0 Å². The monoisotopic (exact) mass is 486 g/mol. The molecule has 12 nitrogen and oxygen atoms in total. The SMILES string of the molecule is CNc1ccc(S(=O)(=O)NCC(=O)OCC(=O)Nc2ccc(OC)c(Cl)c2)cc1[N+](=O)[O-]. The Hall–Kier alpha value is -3.42. The second kappa shape index (κ2) is 10.7. The third-order valence-electron chi connectivity index (χ3n) is 3.95. The van der Waals surface area contributed by atoms with Crippen LogP contribution in [0.3, 0.4) is 0 Å². The number of benzene rings is 2. The predicted molar refractivity (Wildman–Crippen MR) is 115 cm³/mol. The molecule has 2 aromatic rings. The van der Waals surface area contributed by atoms with E-state index in [-0.39, 0.29) is 10.7 Å². The molecule has 0 spiro atoms. The van der Waals surface area contributed by atoms with Crippen molar-refractivity contribution in [3.05, 3.63) is 51.5 Å². The van der Waals surface area contributed by atoms with Crippen LogP contribution in [-0.4, -0.2) is 52.5 Å². The van der Waals surface area contributed by atoms with Gasteiger partial charge in [-0.1, -0.05) is 11.6 Å². The smallest absolute Gasteiger partial charge is 0.321 e. The van der Waals surface area contributed by atoms with Gasteiger partial charge in [-0.15, -0.1) is 0 Å². The van der Waals surface area contributed by atoms with Crippen LogP contribution in [-0.2, 0) is 24.3 Å². The van der Waals surface area contributed by atoms with Gasteiger partial charge in [0.15, 0.2) is 6.61 Å². The van der Waals surface area contributed by atoms with Gasteiger partial charge in [0.05, 0.1) is 22.0 Å². The molecule has 0 fully saturated rings. The van der Waals surface area contributed by atoms with Gasteiger partial charge in [-0.05, 0) is 30.3 Å². The molecule has 0 unspecified atom stereocenters. The minimum Gasteiger partial charge on any atom is -0.495 e. The maximum Gasteiger partial charge on any atom is 0.321 e. The van der Waals surface area contributed by atoms with Crippen LogP contribution in [0.5, 0.6) is 5.75 Å². The number of halogens is 1. The average molecular weight is 487 g/mol. The minimum absolute atomic E-state index is 0.123. The summed E-state index contributed by atoms with van der Waals surface area (Å²) in [5.74, 6) is -1.30. The zero-order chi connectivity index (χ0) is 23.9. The number of hydrogen-bond acceptors (Lipinski definition) is 9. The highest BCUT2D eigenvalue weighted by Gasteiger charge is 2.22. The van der Waals surface area contributed by atoms with Gasteiger partial charge in [-0.2, -0.15) is 4.72 Å². The highest BCUT2D eigenvalue weighted by molar-refractivity contribution is 7.89. The van der Waals surface area contributed by atoms with E-state index in [9.17, 15) is 28.1 Å². The molecule has 0 atom stereocenters. The summed E-state index contributed by atoms with van der Waals surface area (Å²) in [6.45, 7) is -1.46. The van der Waals surface area contributed by atoms with Crippen LogP contribution in [0, 0.1) is 10.1 Å². The van der Waals surface area contributed by atoms with Gasteiger partial charge in [0, 0.05) is 18.8 Å². The van der Waals surface area contributed by atoms with E-state index in [1.54, 1.807) is 0 Å². The van der Waals surface area contributed by atoms with E-state index in [1.165, 1.54) is 38.4 Å². The first-order valence-electron chi connectivity index (χ1n) is 8.82. The summed E-state index contributed by atoms with van der Waals surface area (Å²) in [6, 6.07) is 7.71. The fourth-order valence-corrected chi connectivity index (χ4v) is 3.66. The van der Waals surface area contributed by atoms with Crippen molar-refractivity contribution in [1.82, 2.24) is 4.72 Å². The fourth-order valence-electron chi connectivity index (χ4n) is 2.42. The summed E-state index contributed by atoms with van der Waals surface area (Å²) < 4.78 is 36.3. The van der Waals surface area contributed by atoms with Crippen molar-refractivity contribution >= 4 is 50.6 Å². The number of amides is 1. The topological polar surface area (TPSA) is 166 Å². The van der Waals surface area contributed by atoms with Crippen LogP contribution in [0.2, 0.25) is 5.02 Å². The van der Waals surface area contributed by atoms with Gasteiger partial charge in [-0.3, -0.25) is 19.7 Å². The number of methoxy groups -OCH3 is 1. The Bertz CT molecular complexity index is 1140. The Morgan fingerprint density at radius 2 is 1.91 bits per heavy atom. The molecule has 14 heteroatoms.